The number of hydrogen-bond donors (Lipinski definition) is 0. The summed E-state index contributed by atoms with van der Waals surface area (Å²) >= 11 is 0. The molecule has 0 amide bonds. The third-order valence-corrected chi connectivity index (χ3v) is 1.57. The zero-order valence-electron chi connectivity index (χ0n) is 7.32. The van der Waals surface area contributed by atoms with Crippen LogP contribution in [0.25, 0.3) is 0 Å². The molecule has 1 atom stereocenters. The molecule has 2 rings (SSSR count). The van der Waals surface area contributed by atoms with E-state index >= 15 is 0 Å². The number of hydrogen-bond acceptors (Lipinski definition) is 2. The third kappa shape index (κ3) is 1.91. The normalized spacial score (nSPS) is 21.1. The van der Waals surface area contributed by atoms with Gasteiger partial charge in [-0.05, 0) is 6.92 Å². The van der Waals surface area contributed by atoms with E-state index in [-0.39, 0.29) is 35.6 Å². The average Bonchev–Trinajstić information content (AvgIpc) is 2.55. The molecule has 2 heterocycles. The summed E-state index contributed by atoms with van der Waals surface area (Å²) in [5, 5.41) is 0. The monoisotopic (exact) mass is 172 g/mol. The quantitative estimate of drug-likeness (QED) is 0.451. The molecular formula is C8H9N2NaO. The number of ether oxygens (including phenoxy) is 1. The summed E-state index contributed by atoms with van der Waals surface area (Å²) in [6.07, 6.45) is 1.74. The smallest absolute Gasteiger partial charge is 0.660 e. The van der Waals surface area contributed by atoms with Crippen molar-refractivity contribution in [3.8, 4) is 0 Å². The summed E-state index contributed by atoms with van der Waals surface area (Å²) in [5.74, 6) is 0.683. The fourth-order valence-electron chi connectivity index (χ4n) is 1.04. The summed E-state index contributed by atoms with van der Waals surface area (Å²) in [7, 11) is 0. The molecule has 1 aromatic rings. The molecule has 4 heteroatoms. The molecule has 0 aromatic carbocycles. The Kier molecular flexibility index (Phi) is 3.38. The Morgan fingerprint density at radius 1 is 1.67 bits per heavy atom. The van der Waals surface area contributed by atoms with Gasteiger partial charge >= 0.3 is 29.6 Å². The van der Waals surface area contributed by atoms with Gasteiger partial charge in [0, 0.05) is 0 Å². The molecule has 1 aromatic heterocycles. The van der Waals surface area contributed by atoms with Gasteiger partial charge in [0.25, 0.3) is 0 Å². The molecule has 0 saturated carbocycles. The second-order valence-electron chi connectivity index (χ2n) is 2.62. The van der Waals surface area contributed by atoms with Crippen LogP contribution in [-0.2, 0) is 4.74 Å². The van der Waals surface area contributed by atoms with Crippen molar-refractivity contribution in [2.75, 3.05) is 6.61 Å². The Morgan fingerprint density at radius 2 is 2.50 bits per heavy atom. The Hall–Kier alpha value is -0.250. The van der Waals surface area contributed by atoms with Gasteiger partial charge in [0.05, 0.1) is 6.04 Å². The van der Waals surface area contributed by atoms with Gasteiger partial charge in [0.2, 0.25) is 0 Å². The van der Waals surface area contributed by atoms with E-state index in [4.69, 9.17) is 4.74 Å². The third-order valence-electron chi connectivity index (χ3n) is 1.57. The van der Waals surface area contributed by atoms with Crippen LogP contribution in [0.5, 0.6) is 0 Å². The Bertz CT molecular complexity index is 269. The first-order chi connectivity index (χ1) is 5.36. The second kappa shape index (κ2) is 4.12. The largest absolute Gasteiger partial charge is 1.00 e. The molecule has 58 valence electrons. The van der Waals surface area contributed by atoms with Crippen LogP contribution in [0.15, 0.2) is 23.3 Å². The van der Waals surface area contributed by atoms with Crippen molar-refractivity contribution >= 4 is 5.90 Å². The molecule has 3 nitrogen and oxygen atoms in total. The van der Waals surface area contributed by atoms with E-state index in [9.17, 15) is 0 Å². The fourth-order valence-corrected chi connectivity index (χ4v) is 1.04. The second-order valence-corrected chi connectivity index (χ2v) is 2.62. The minimum atomic E-state index is 0. The first-order valence-corrected chi connectivity index (χ1v) is 3.65. The van der Waals surface area contributed by atoms with Crippen molar-refractivity contribution in [3.05, 3.63) is 24.0 Å². The van der Waals surface area contributed by atoms with E-state index in [1.54, 1.807) is 6.20 Å². The fraction of sp³-hybridized carbons (Fsp3) is 0.375. The predicted molar refractivity (Wildman–Crippen MR) is 41.7 cm³/mol. The van der Waals surface area contributed by atoms with E-state index in [1.165, 1.54) is 0 Å². The summed E-state index contributed by atoms with van der Waals surface area (Å²) < 4.78 is 5.30. The van der Waals surface area contributed by atoms with Gasteiger partial charge in [0.15, 0.2) is 5.90 Å². The Labute approximate surface area is 93.5 Å². The van der Waals surface area contributed by atoms with Crippen molar-refractivity contribution < 1.29 is 34.3 Å². The predicted octanol–water partition coefficient (Wildman–Crippen LogP) is -2.19. The molecule has 0 spiro atoms. The zero-order chi connectivity index (χ0) is 7.68. The van der Waals surface area contributed by atoms with Crippen LogP contribution < -0.4 is 34.5 Å². The van der Waals surface area contributed by atoms with Crippen LogP contribution >= 0.6 is 0 Å². The molecule has 0 bridgehead atoms. The minimum Gasteiger partial charge on any atom is -0.660 e. The van der Waals surface area contributed by atoms with E-state index in [0.717, 1.165) is 5.69 Å². The summed E-state index contributed by atoms with van der Waals surface area (Å²) in [6, 6.07) is 4.06. The van der Waals surface area contributed by atoms with Crippen molar-refractivity contribution in [2.45, 2.75) is 13.0 Å². The van der Waals surface area contributed by atoms with Gasteiger partial charge in [-0.2, -0.15) is 6.20 Å². The zero-order valence-corrected chi connectivity index (χ0v) is 9.32. The van der Waals surface area contributed by atoms with Gasteiger partial charge < -0.3 is 9.72 Å². The van der Waals surface area contributed by atoms with E-state index in [0.29, 0.717) is 12.5 Å². The molecule has 0 unspecified atom stereocenters. The van der Waals surface area contributed by atoms with Crippen molar-refractivity contribution in [2.24, 2.45) is 4.99 Å². The summed E-state index contributed by atoms with van der Waals surface area (Å²) in [5.41, 5.74) is 0.842. The van der Waals surface area contributed by atoms with Crippen LogP contribution in [-0.4, -0.2) is 18.5 Å². The maximum Gasteiger partial charge on any atom is 1.00 e. The number of aromatic nitrogens is 1. The Morgan fingerprint density at radius 3 is 3.00 bits per heavy atom. The Balaban J connectivity index is 0.000000720. The SMILES string of the molecule is C[C@@H]1COC(c2ccc[n-]2)=N1.[Na+]. The molecule has 1 aliphatic rings. The standard InChI is InChI=1S/C8H9N2O.Na/c1-6-5-11-8(10-6)7-3-2-4-9-7;/h2-4,6H,5H2,1H3;/q-1;+1/t6-;/m1./s1. The molecule has 0 radical (unpaired) electrons. The first kappa shape index (κ1) is 9.84. The summed E-state index contributed by atoms with van der Waals surface area (Å²) in [6.45, 7) is 2.71. The van der Waals surface area contributed by atoms with Crippen LogP contribution in [0.4, 0.5) is 0 Å². The molecule has 0 N–H and O–H groups in total. The van der Waals surface area contributed by atoms with E-state index in [1.807, 2.05) is 19.1 Å². The number of rotatable bonds is 1. The van der Waals surface area contributed by atoms with E-state index < -0.39 is 0 Å². The molecule has 1 aliphatic heterocycles. The molecular weight excluding hydrogens is 163 g/mol. The van der Waals surface area contributed by atoms with Crippen molar-refractivity contribution in [1.82, 2.24) is 4.98 Å². The van der Waals surface area contributed by atoms with Crippen LogP contribution in [0.2, 0.25) is 0 Å². The first-order valence-electron chi connectivity index (χ1n) is 3.65. The number of nitrogens with zero attached hydrogens (tertiary/aromatic N) is 2. The van der Waals surface area contributed by atoms with Crippen LogP contribution in [0.1, 0.15) is 12.6 Å². The summed E-state index contributed by atoms with van der Waals surface area (Å²) in [4.78, 5) is 8.34. The van der Waals surface area contributed by atoms with E-state index in [2.05, 4.69) is 9.98 Å². The number of aliphatic imine (C=N–C) groups is 1. The maximum absolute atomic E-state index is 5.30. The molecule has 12 heavy (non-hydrogen) atoms. The van der Waals surface area contributed by atoms with Gasteiger partial charge in [-0.15, -0.1) is 0 Å². The van der Waals surface area contributed by atoms with Crippen LogP contribution in [0.3, 0.4) is 0 Å². The topological polar surface area (TPSA) is 35.7 Å². The maximum atomic E-state index is 5.30. The minimum absolute atomic E-state index is 0. The van der Waals surface area contributed by atoms with Gasteiger partial charge in [0.1, 0.15) is 6.61 Å². The van der Waals surface area contributed by atoms with Gasteiger partial charge in [-0.25, -0.2) is 4.99 Å². The van der Waals surface area contributed by atoms with Crippen molar-refractivity contribution in [1.29, 1.82) is 0 Å². The van der Waals surface area contributed by atoms with Crippen molar-refractivity contribution in [3.63, 3.8) is 0 Å². The average molecular weight is 172 g/mol. The van der Waals surface area contributed by atoms with Gasteiger partial charge in [-0.3, -0.25) is 0 Å². The van der Waals surface area contributed by atoms with Crippen LogP contribution in [0, 0.1) is 0 Å². The van der Waals surface area contributed by atoms with Gasteiger partial charge in [-0.1, -0.05) is 17.8 Å². The molecule has 0 fully saturated rings. The molecule has 0 aliphatic carbocycles. The molecule has 0 saturated heterocycles.